The molecule has 22 heavy (non-hydrogen) atoms. The highest BCUT2D eigenvalue weighted by Gasteiger charge is 2.11. The van der Waals surface area contributed by atoms with E-state index >= 15 is 0 Å². The molecule has 0 aliphatic rings. The van der Waals surface area contributed by atoms with Crippen molar-refractivity contribution in [3.8, 4) is 5.75 Å². The summed E-state index contributed by atoms with van der Waals surface area (Å²) in [7, 11) is 0. The Morgan fingerprint density at radius 2 is 2.00 bits per heavy atom. The van der Waals surface area contributed by atoms with Gasteiger partial charge in [-0.15, -0.1) is 0 Å². The summed E-state index contributed by atoms with van der Waals surface area (Å²) in [6.07, 6.45) is 0. The lowest BCUT2D eigenvalue weighted by atomic mass is 10.1. The van der Waals surface area contributed by atoms with Crippen LogP contribution in [0.4, 0.5) is 4.39 Å². The van der Waals surface area contributed by atoms with Crippen molar-refractivity contribution in [2.24, 2.45) is 0 Å². The minimum atomic E-state index is -0.310. The first-order valence-corrected chi connectivity index (χ1v) is 7.75. The van der Waals surface area contributed by atoms with Crippen molar-refractivity contribution in [3.05, 3.63) is 63.3 Å². The summed E-state index contributed by atoms with van der Waals surface area (Å²) in [5.41, 5.74) is 0.816. The zero-order chi connectivity index (χ0) is 16.1. The Hall–Kier alpha value is -1.59. The van der Waals surface area contributed by atoms with Gasteiger partial charge >= 0.3 is 0 Å². The van der Waals surface area contributed by atoms with Gasteiger partial charge in [-0.25, -0.2) is 4.39 Å². The number of benzene rings is 2. The second-order valence-corrected chi connectivity index (χ2v) is 6.03. The molecule has 1 N–H and O–H groups in total. The van der Waals surface area contributed by atoms with E-state index in [1.54, 1.807) is 30.3 Å². The molecule has 2 aromatic carbocycles. The van der Waals surface area contributed by atoms with Crippen molar-refractivity contribution in [3.63, 3.8) is 0 Å². The van der Waals surface area contributed by atoms with Crippen molar-refractivity contribution in [1.82, 2.24) is 5.32 Å². The summed E-state index contributed by atoms with van der Waals surface area (Å²) < 4.78 is 19.1. The second-order valence-electron chi connectivity index (χ2n) is 4.70. The monoisotopic (exact) mass is 385 g/mol. The average Bonchev–Trinajstić information content (AvgIpc) is 2.47. The van der Waals surface area contributed by atoms with Gasteiger partial charge in [0.15, 0.2) is 6.61 Å². The molecule has 1 atom stereocenters. The molecule has 3 nitrogen and oxygen atoms in total. The van der Waals surface area contributed by atoms with Crippen molar-refractivity contribution < 1.29 is 13.9 Å². The van der Waals surface area contributed by atoms with Crippen LogP contribution in [0, 0.1) is 5.82 Å². The zero-order valence-electron chi connectivity index (χ0n) is 11.8. The van der Waals surface area contributed by atoms with Gasteiger partial charge in [0.05, 0.1) is 11.1 Å². The third-order valence-electron chi connectivity index (χ3n) is 3.00. The van der Waals surface area contributed by atoms with Crippen LogP contribution in [0.3, 0.4) is 0 Å². The summed E-state index contributed by atoms with van der Waals surface area (Å²) >= 11 is 9.30. The normalized spacial score (nSPS) is 11.8. The Bertz CT molecular complexity index is 664. The van der Waals surface area contributed by atoms with Crippen LogP contribution in [-0.2, 0) is 4.79 Å². The van der Waals surface area contributed by atoms with Gasteiger partial charge in [0, 0.05) is 4.47 Å². The molecule has 1 amide bonds. The van der Waals surface area contributed by atoms with E-state index in [2.05, 4.69) is 21.2 Å². The zero-order valence-corrected chi connectivity index (χ0v) is 14.1. The smallest absolute Gasteiger partial charge is 0.258 e. The fourth-order valence-corrected chi connectivity index (χ4v) is 2.58. The Morgan fingerprint density at radius 1 is 1.32 bits per heavy atom. The van der Waals surface area contributed by atoms with Crippen molar-refractivity contribution in [2.75, 3.05) is 6.61 Å². The molecule has 0 aliphatic heterocycles. The number of halogens is 3. The number of amides is 1. The Morgan fingerprint density at radius 3 is 2.64 bits per heavy atom. The molecule has 0 heterocycles. The third-order valence-corrected chi connectivity index (χ3v) is 3.79. The predicted octanol–water partition coefficient (Wildman–Crippen LogP) is 4.50. The molecule has 2 aromatic rings. The number of ether oxygens (including phenoxy) is 1. The molecular formula is C16H14BrClFNO2. The van der Waals surface area contributed by atoms with E-state index < -0.39 is 0 Å². The minimum absolute atomic E-state index is 0.146. The maximum atomic E-state index is 12.9. The molecule has 0 spiro atoms. The second kappa shape index (κ2) is 7.61. The molecular weight excluding hydrogens is 373 g/mol. The van der Waals surface area contributed by atoms with E-state index in [0.717, 1.165) is 10.0 Å². The van der Waals surface area contributed by atoms with Crippen LogP contribution in [0.2, 0.25) is 5.02 Å². The average molecular weight is 387 g/mol. The number of carbonyl (C=O) groups excluding carboxylic acids is 1. The van der Waals surface area contributed by atoms with Crippen LogP contribution in [0.1, 0.15) is 18.5 Å². The number of hydrogen-bond donors (Lipinski definition) is 1. The standard InChI is InChI=1S/C16H14BrClFNO2/c1-10(11-2-5-13(19)6-3-11)20-16(21)9-22-15-7-4-12(17)8-14(15)18/h2-8,10H,9H2,1H3,(H,20,21). The maximum absolute atomic E-state index is 12.9. The lowest BCUT2D eigenvalue weighted by molar-refractivity contribution is -0.123. The fourth-order valence-electron chi connectivity index (χ4n) is 1.85. The van der Waals surface area contributed by atoms with Crippen molar-refractivity contribution >= 4 is 33.4 Å². The highest BCUT2D eigenvalue weighted by molar-refractivity contribution is 9.10. The first-order valence-electron chi connectivity index (χ1n) is 6.58. The third kappa shape index (κ3) is 4.71. The van der Waals surface area contributed by atoms with Gasteiger partial charge in [0.2, 0.25) is 0 Å². The minimum Gasteiger partial charge on any atom is -0.482 e. The molecule has 0 saturated heterocycles. The molecule has 0 saturated carbocycles. The molecule has 0 fully saturated rings. The number of rotatable bonds is 5. The summed E-state index contributed by atoms with van der Waals surface area (Å²) in [5, 5.41) is 3.20. The van der Waals surface area contributed by atoms with Crippen LogP contribution >= 0.6 is 27.5 Å². The first kappa shape index (κ1) is 16.8. The molecule has 0 aliphatic carbocycles. The van der Waals surface area contributed by atoms with E-state index in [-0.39, 0.29) is 24.4 Å². The summed E-state index contributed by atoms with van der Waals surface area (Å²) in [6, 6.07) is 10.9. The fraction of sp³-hybridized carbons (Fsp3) is 0.188. The van der Waals surface area contributed by atoms with E-state index in [9.17, 15) is 9.18 Å². The number of hydrogen-bond acceptors (Lipinski definition) is 2. The van der Waals surface area contributed by atoms with Gasteiger partial charge in [-0.1, -0.05) is 39.7 Å². The first-order chi connectivity index (χ1) is 10.5. The molecule has 0 radical (unpaired) electrons. The van der Waals surface area contributed by atoms with Gasteiger partial charge in [-0.05, 0) is 42.8 Å². The largest absolute Gasteiger partial charge is 0.482 e. The van der Waals surface area contributed by atoms with Crippen molar-refractivity contribution in [1.29, 1.82) is 0 Å². The number of carbonyl (C=O) groups is 1. The topological polar surface area (TPSA) is 38.3 Å². The van der Waals surface area contributed by atoms with Gasteiger partial charge in [0.25, 0.3) is 5.91 Å². The highest BCUT2D eigenvalue weighted by Crippen LogP contribution is 2.27. The quantitative estimate of drug-likeness (QED) is 0.822. The van der Waals surface area contributed by atoms with Gasteiger partial charge in [-0.3, -0.25) is 4.79 Å². The summed E-state index contributed by atoms with van der Waals surface area (Å²) in [6.45, 7) is 1.67. The highest BCUT2D eigenvalue weighted by atomic mass is 79.9. The molecule has 0 aromatic heterocycles. The van der Waals surface area contributed by atoms with E-state index in [1.807, 2.05) is 6.92 Å². The van der Waals surface area contributed by atoms with Gasteiger partial charge < -0.3 is 10.1 Å². The molecule has 6 heteroatoms. The Labute approximate surface area is 141 Å². The molecule has 2 rings (SSSR count). The van der Waals surface area contributed by atoms with Crippen molar-refractivity contribution in [2.45, 2.75) is 13.0 Å². The Balaban J connectivity index is 1.88. The number of nitrogens with one attached hydrogen (secondary N) is 1. The lowest BCUT2D eigenvalue weighted by Crippen LogP contribution is -2.31. The van der Waals surface area contributed by atoms with Crippen LogP contribution in [0.25, 0.3) is 0 Å². The van der Waals surface area contributed by atoms with Crippen LogP contribution in [-0.4, -0.2) is 12.5 Å². The van der Waals surface area contributed by atoms with E-state index in [0.29, 0.717) is 10.8 Å². The summed E-state index contributed by atoms with van der Waals surface area (Å²) in [5.74, 6) is -0.152. The molecule has 116 valence electrons. The molecule has 1 unspecified atom stereocenters. The van der Waals surface area contributed by atoms with Crippen LogP contribution in [0.5, 0.6) is 5.75 Å². The van der Waals surface area contributed by atoms with Crippen LogP contribution in [0.15, 0.2) is 46.9 Å². The SMILES string of the molecule is CC(NC(=O)COc1ccc(Br)cc1Cl)c1ccc(F)cc1. The summed E-state index contributed by atoms with van der Waals surface area (Å²) in [4.78, 5) is 11.9. The Kier molecular flexibility index (Phi) is 5.80. The van der Waals surface area contributed by atoms with Gasteiger partial charge in [-0.2, -0.15) is 0 Å². The van der Waals surface area contributed by atoms with Gasteiger partial charge in [0.1, 0.15) is 11.6 Å². The van der Waals surface area contributed by atoms with Crippen LogP contribution < -0.4 is 10.1 Å². The maximum Gasteiger partial charge on any atom is 0.258 e. The molecule has 0 bridgehead atoms. The van der Waals surface area contributed by atoms with E-state index in [4.69, 9.17) is 16.3 Å². The van der Waals surface area contributed by atoms with E-state index in [1.165, 1.54) is 12.1 Å². The lowest BCUT2D eigenvalue weighted by Gasteiger charge is -2.15. The predicted molar refractivity (Wildman–Crippen MR) is 87.6 cm³/mol.